The van der Waals surface area contributed by atoms with Gasteiger partial charge in [-0.3, -0.25) is 19.8 Å². The summed E-state index contributed by atoms with van der Waals surface area (Å²) in [6, 6.07) is 14.0. The highest BCUT2D eigenvalue weighted by Gasteiger charge is 2.34. The molecule has 0 saturated carbocycles. The van der Waals surface area contributed by atoms with E-state index in [1.807, 2.05) is 36.4 Å². The first-order valence-corrected chi connectivity index (χ1v) is 9.47. The maximum Gasteiger partial charge on any atom is 0.261 e. The van der Waals surface area contributed by atoms with Crippen LogP contribution in [0.3, 0.4) is 0 Å². The number of carbonyl (C=O) groups excluding carboxylic acids is 3. The Bertz CT molecular complexity index is 965. The maximum atomic E-state index is 13.2. The number of anilines is 1. The van der Waals surface area contributed by atoms with E-state index in [0.29, 0.717) is 5.69 Å². The van der Waals surface area contributed by atoms with Crippen molar-refractivity contribution in [3.05, 3.63) is 54.1 Å². The summed E-state index contributed by atoms with van der Waals surface area (Å²) in [5, 5.41) is 13.5. The van der Waals surface area contributed by atoms with Crippen molar-refractivity contribution >= 4 is 23.4 Å². The van der Waals surface area contributed by atoms with E-state index in [9.17, 15) is 19.5 Å². The van der Waals surface area contributed by atoms with Gasteiger partial charge in [0.1, 0.15) is 11.6 Å². The molecule has 152 valence electrons. The fraction of sp³-hybridized carbons (Fsp3) is 0.318. The van der Waals surface area contributed by atoms with Crippen molar-refractivity contribution in [1.82, 2.24) is 10.7 Å². The molecule has 29 heavy (non-hydrogen) atoms. The summed E-state index contributed by atoms with van der Waals surface area (Å²) in [5.41, 5.74) is 4.22. The number of carbonyl (C=O) groups is 3. The van der Waals surface area contributed by atoms with E-state index in [4.69, 9.17) is 0 Å². The van der Waals surface area contributed by atoms with Crippen LogP contribution in [0.2, 0.25) is 0 Å². The average Bonchev–Trinajstić information content (AvgIpc) is 2.77. The van der Waals surface area contributed by atoms with E-state index in [2.05, 4.69) is 10.7 Å². The number of hydrazine groups is 1. The summed E-state index contributed by atoms with van der Waals surface area (Å²) in [6.45, 7) is 5.96. The van der Waals surface area contributed by atoms with Crippen LogP contribution in [-0.2, 0) is 14.4 Å². The lowest BCUT2D eigenvalue weighted by atomic mass is 9.92. The summed E-state index contributed by atoms with van der Waals surface area (Å²) < 4.78 is 0. The minimum atomic E-state index is -1.62. The normalized spacial score (nSPS) is 16.9. The zero-order chi connectivity index (χ0) is 21.3. The fourth-order valence-electron chi connectivity index (χ4n) is 3.22. The van der Waals surface area contributed by atoms with E-state index >= 15 is 0 Å². The highest BCUT2D eigenvalue weighted by atomic mass is 16.3. The Hall–Kier alpha value is -3.19. The van der Waals surface area contributed by atoms with Gasteiger partial charge >= 0.3 is 0 Å². The average molecular weight is 395 g/mol. The largest absolute Gasteiger partial charge is 0.381 e. The van der Waals surface area contributed by atoms with Gasteiger partial charge < -0.3 is 10.4 Å². The third-order valence-electron chi connectivity index (χ3n) is 4.97. The molecule has 7 heteroatoms. The molecule has 0 bridgehead atoms. The molecular formula is C22H25N3O4. The van der Waals surface area contributed by atoms with Crippen molar-refractivity contribution in [2.75, 3.05) is 5.01 Å². The first-order chi connectivity index (χ1) is 13.6. The fourth-order valence-corrected chi connectivity index (χ4v) is 3.22. The van der Waals surface area contributed by atoms with Crippen LogP contribution >= 0.6 is 0 Å². The second-order valence-corrected chi connectivity index (χ2v) is 7.73. The molecule has 7 nitrogen and oxygen atoms in total. The van der Waals surface area contributed by atoms with Gasteiger partial charge in [0.2, 0.25) is 0 Å². The number of benzene rings is 2. The molecule has 0 radical (unpaired) electrons. The van der Waals surface area contributed by atoms with Gasteiger partial charge in [-0.15, -0.1) is 0 Å². The number of nitrogens with zero attached hydrogens (tertiary/aromatic N) is 1. The molecule has 1 unspecified atom stereocenters. The number of nitrogens with one attached hydrogen (secondary N) is 2. The molecule has 0 fully saturated rings. The molecule has 2 aromatic rings. The molecule has 1 heterocycles. The Morgan fingerprint density at radius 1 is 1.07 bits per heavy atom. The Kier molecular flexibility index (Phi) is 5.44. The van der Waals surface area contributed by atoms with E-state index in [1.165, 1.54) is 25.8 Å². The van der Waals surface area contributed by atoms with Crippen molar-refractivity contribution in [1.29, 1.82) is 0 Å². The van der Waals surface area contributed by atoms with Crippen LogP contribution in [0.25, 0.3) is 11.1 Å². The topological polar surface area (TPSA) is 98.7 Å². The predicted octanol–water partition coefficient (Wildman–Crippen LogP) is 2.11. The number of hydrogen-bond acceptors (Lipinski definition) is 4. The van der Waals surface area contributed by atoms with Gasteiger partial charge in [0.25, 0.3) is 17.7 Å². The van der Waals surface area contributed by atoms with Gasteiger partial charge in [-0.1, -0.05) is 42.5 Å². The van der Waals surface area contributed by atoms with Gasteiger partial charge in [0.15, 0.2) is 0 Å². The predicted molar refractivity (Wildman–Crippen MR) is 110 cm³/mol. The highest BCUT2D eigenvalue weighted by molar-refractivity contribution is 6.06. The molecule has 1 aliphatic heterocycles. The van der Waals surface area contributed by atoms with Gasteiger partial charge in [-0.25, -0.2) is 5.01 Å². The minimum Gasteiger partial charge on any atom is -0.381 e. The second kappa shape index (κ2) is 7.67. The van der Waals surface area contributed by atoms with Crippen LogP contribution in [0.4, 0.5) is 5.69 Å². The third-order valence-corrected chi connectivity index (χ3v) is 4.97. The maximum absolute atomic E-state index is 13.2. The first kappa shape index (κ1) is 20.5. The molecule has 2 atom stereocenters. The van der Waals surface area contributed by atoms with Crippen molar-refractivity contribution < 1.29 is 19.5 Å². The van der Waals surface area contributed by atoms with Crippen LogP contribution in [-0.4, -0.2) is 34.5 Å². The highest BCUT2D eigenvalue weighted by Crippen LogP contribution is 2.39. The van der Waals surface area contributed by atoms with E-state index in [-0.39, 0.29) is 5.91 Å². The molecule has 1 aliphatic rings. The lowest BCUT2D eigenvalue weighted by Crippen LogP contribution is -2.56. The van der Waals surface area contributed by atoms with Crippen molar-refractivity contribution in [2.24, 2.45) is 0 Å². The van der Waals surface area contributed by atoms with Gasteiger partial charge in [-0.2, -0.15) is 0 Å². The minimum absolute atomic E-state index is 0.281. The van der Waals surface area contributed by atoms with Crippen molar-refractivity contribution in [3.8, 4) is 11.1 Å². The zero-order valence-electron chi connectivity index (χ0n) is 16.9. The smallest absolute Gasteiger partial charge is 0.261 e. The lowest BCUT2D eigenvalue weighted by molar-refractivity contribution is -0.139. The number of hydrogen-bond donors (Lipinski definition) is 3. The van der Waals surface area contributed by atoms with Crippen molar-refractivity contribution in [2.45, 2.75) is 45.3 Å². The number of aliphatic hydroxyl groups is 1. The zero-order valence-corrected chi connectivity index (χ0v) is 16.9. The molecule has 3 N–H and O–H groups in total. The van der Waals surface area contributed by atoms with Gasteiger partial charge in [0, 0.05) is 5.56 Å². The summed E-state index contributed by atoms with van der Waals surface area (Å²) in [4.78, 5) is 37.9. The summed E-state index contributed by atoms with van der Waals surface area (Å²) in [7, 11) is 0. The molecule has 0 aliphatic carbocycles. The Balaban J connectivity index is 1.93. The molecule has 2 aromatic carbocycles. The number of rotatable bonds is 4. The van der Waals surface area contributed by atoms with Crippen LogP contribution in [0.15, 0.2) is 48.5 Å². The monoisotopic (exact) mass is 395 g/mol. The summed E-state index contributed by atoms with van der Waals surface area (Å²) >= 11 is 0. The van der Waals surface area contributed by atoms with E-state index in [1.54, 1.807) is 19.1 Å². The van der Waals surface area contributed by atoms with Crippen LogP contribution in [0.1, 0.15) is 39.2 Å². The molecule has 0 saturated heterocycles. The van der Waals surface area contributed by atoms with E-state index < -0.39 is 29.4 Å². The number of fused-ring (bicyclic) bond motifs is 3. The molecule has 3 rings (SSSR count). The van der Waals surface area contributed by atoms with Gasteiger partial charge in [-0.05, 0) is 44.9 Å². The summed E-state index contributed by atoms with van der Waals surface area (Å²) in [6.07, 6.45) is 0. The van der Waals surface area contributed by atoms with Crippen LogP contribution in [0.5, 0.6) is 0 Å². The molecule has 0 spiro atoms. The standard InChI is InChI=1S/C22H25N3O4/c1-13-15-9-5-6-10-16(15)17-11-7-8-12-18(17)25(20(13)27)24-19(26)14(2)23-21(28)22(3,4)29/h5-14,29H,1-4H3,(H,23,28)(H,24,26)/t13?,14-/m0/s1. The third kappa shape index (κ3) is 4.00. The van der Waals surface area contributed by atoms with Gasteiger partial charge in [0.05, 0.1) is 11.6 Å². The SMILES string of the molecule is CC1C(=O)N(NC(=O)[C@H](C)NC(=O)C(C)(C)O)c2ccccc2-c2ccccc21. The Morgan fingerprint density at radius 3 is 2.31 bits per heavy atom. The second-order valence-electron chi connectivity index (χ2n) is 7.73. The molecule has 0 aromatic heterocycles. The van der Waals surface area contributed by atoms with Crippen LogP contribution in [0, 0.1) is 0 Å². The summed E-state index contributed by atoms with van der Waals surface area (Å²) in [5.74, 6) is -2.00. The van der Waals surface area contributed by atoms with Crippen LogP contribution < -0.4 is 15.8 Å². The number of para-hydroxylation sites is 1. The first-order valence-electron chi connectivity index (χ1n) is 9.47. The number of amides is 3. The van der Waals surface area contributed by atoms with E-state index in [0.717, 1.165) is 16.7 Å². The Morgan fingerprint density at radius 2 is 1.66 bits per heavy atom. The lowest BCUT2D eigenvalue weighted by Gasteiger charge is -2.27. The van der Waals surface area contributed by atoms with Crippen molar-refractivity contribution in [3.63, 3.8) is 0 Å². The molecular weight excluding hydrogens is 370 g/mol. The quantitative estimate of drug-likeness (QED) is 0.738. The Labute approximate surface area is 169 Å². The molecule has 3 amide bonds.